The minimum absolute atomic E-state index is 0.130. The maximum Gasteiger partial charge on any atom is 0.410 e. The number of anilines is 1. The summed E-state index contributed by atoms with van der Waals surface area (Å²) < 4.78 is 5.49. The number of rotatable bonds is 5. The number of hydrogen-bond donors (Lipinski definition) is 2. The van der Waals surface area contributed by atoms with Crippen molar-refractivity contribution < 1.29 is 19.4 Å². The highest BCUT2D eigenvalue weighted by molar-refractivity contribution is 5.90. The van der Waals surface area contributed by atoms with Crippen LogP contribution in [0, 0.1) is 0 Å². The minimum atomic E-state index is -0.551. The van der Waals surface area contributed by atoms with Crippen LogP contribution >= 0.6 is 0 Å². The van der Waals surface area contributed by atoms with Gasteiger partial charge in [-0.15, -0.1) is 0 Å². The molecule has 2 aromatic rings. The number of piperidine rings is 1. The summed E-state index contributed by atoms with van der Waals surface area (Å²) in [6.45, 7) is 6.32. The smallest absolute Gasteiger partial charge is 0.410 e. The first-order valence-electron chi connectivity index (χ1n) is 11.1. The molecule has 0 bridgehead atoms. The second kappa shape index (κ2) is 10.5. The molecule has 7 heteroatoms. The summed E-state index contributed by atoms with van der Waals surface area (Å²) in [4.78, 5) is 29.3. The largest absolute Gasteiger partial charge is 0.444 e. The van der Waals surface area contributed by atoms with Crippen molar-refractivity contribution in [2.45, 2.75) is 51.3 Å². The lowest BCUT2D eigenvalue weighted by Crippen LogP contribution is -2.52. The highest BCUT2D eigenvalue weighted by Crippen LogP contribution is 2.29. The fourth-order valence-electron chi connectivity index (χ4n) is 3.95. The molecule has 0 aliphatic carbocycles. The van der Waals surface area contributed by atoms with Gasteiger partial charge in [-0.3, -0.25) is 0 Å². The Morgan fingerprint density at radius 3 is 2.16 bits per heavy atom. The molecule has 0 aromatic heterocycles. The molecule has 0 spiro atoms. The number of aliphatic hydroxyl groups is 1. The predicted octanol–water partition coefficient (Wildman–Crippen LogP) is 4.65. The molecule has 1 fully saturated rings. The van der Waals surface area contributed by atoms with E-state index in [0.717, 1.165) is 5.56 Å². The van der Waals surface area contributed by atoms with Crippen molar-refractivity contribution in [1.29, 1.82) is 0 Å². The first-order valence-corrected chi connectivity index (χ1v) is 11.1. The molecule has 0 radical (unpaired) electrons. The van der Waals surface area contributed by atoms with E-state index in [1.165, 1.54) is 0 Å². The number of nitrogens with one attached hydrogen (secondary N) is 1. The van der Waals surface area contributed by atoms with E-state index in [9.17, 15) is 14.7 Å². The third kappa shape index (κ3) is 6.23. The molecule has 7 nitrogen and oxygen atoms in total. The second-order valence-electron chi connectivity index (χ2n) is 9.01. The van der Waals surface area contributed by atoms with Crippen molar-refractivity contribution in [3.05, 3.63) is 66.2 Å². The van der Waals surface area contributed by atoms with Crippen LogP contribution in [0.5, 0.6) is 0 Å². The van der Waals surface area contributed by atoms with Gasteiger partial charge < -0.3 is 25.0 Å². The molecule has 172 valence electrons. The summed E-state index contributed by atoms with van der Waals surface area (Å²) >= 11 is 0. The van der Waals surface area contributed by atoms with Crippen LogP contribution in [0.2, 0.25) is 0 Å². The fraction of sp³-hybridized carbons (Fsp3) is 0.440. The van der Waals surface area contributed by atoms with Crippen molar-refractivity contribution in [2.75, 3.05) is 25.0 Å². The average Bonchev–Trinajstić information content (AvgIpc) is 2.77. The van der Waals surface area contributed by atoms with Gasteiger partial charge in [0.15, 0.2) is 0 Å². The van der Waals surface area contributed by atoms with Crippen molar-refractivity contribution in [1.82, 2.24) is 9.80 Å². The molecule has 2 aromatic carbocycles. The van der Waals surface area contributed by atoms with Gasteiger partial charge in [-0.05, 0) is 51.3 Å². The second-order valence-corrected chi connectivity index (χ2v) is 9.01. The van der Waals surface area contributed by atoms with Crippen LogP contribution < -0.4 is 5.32 Å². The summed E-state index contributed by atoms with van der Waals surface area (Å²) in [5.74, 6) is 0. The van der Waals surface area contributed by atoms with Crippen molar-refractivity contribution in [2.24, 2.45) is 0 Å². The van der Waals surface area contributed by atoms with Crippen molar-refractivity contribution in [3.63, 3.8) is 0 Å². The van der Waals surface area contributed by atoms with Crippen LogP contribution in [0.1, 0.15) is 45.2 Å². The third-order valence-corrected chi connectivity index (χ3v) is 5.46. The molecule has 0 saturated carbocycles. The van der Waals surface area contributed by atoms with Crippen LogP contribution in [0.4, 0.5) is 15.3 Å². The maximum absolute atomic E-state index is 13.4. The van der Waals surface area contributed by atoms with Crippen LogP contribution in [-0.4, -0.2) is 58.4 Å². The Morgan fingerprint density at radius 1 is 1.06 bits per heavy atom. The number of carbonyl (C=O) groups is 2. The molecule has 2 N–H and O–H groups in total. The Morgan fingerprint density at radius 2 is 1.62 bits per heavy atom. The quantitative estimate of drug-likeness (QED) is 0.710. The van der Waals surface area contributed by atoms with E-state index >= 15 is 0 Å². The SMILES string of the molecule is CC(C)(C)OC(=O)N1CCC(N(C(=O)Nc2ccccc2)[C@@H](CO)c2ccccc2)CC1. The van der Waals surface area contributed by atoms with E-state index in [0.29, 0.717) is 31.6 Å². The monoisotopic (exact) mass is 439 g/mol. The summed E-state index contributed by atoms with van der Waals surface area (Å²) in [6, 6.07) is 17.9. The van der Waals surface area contributed by atoms with Crippen LogP contribution in [0.25, 0.3) is 0 Å². The molecular formula is C25H33N3O4. The number of likely N-dealkylation sites (tertiary alicyclic amines) is 1. The van der Waals surface area contributed by atoms with E-state index in [2.05, 4.69) is 5.32 Å². The zero-order valence-corrected chi connectivity index (χ0v) is 19.0. The molecule has 3 rings (SSSR count). The third-order valence-electron chi connectivity index (χ3n) is 5.46. The Labute approximate surface area is 190 Å². The normalized spacial score (nSPS) is 15.7. The standard InChI is InChI=1S/C25H33N3O4/c1-25(2,3)32-24(31)27-16-14-21(15-17-27)28(22(18-29)19-10-6-4-7-11-19)23(30)26-20-12-8-5-9-13-20/h4-13,21-22,29H,14-18H2,1-3H3,(H,26,30)/t22-/m0/s1. The minimum Gasteiger partial charge on any atom is -0.444 e. The number of amides is 3. The Hall–Kier alpha value is -3.06. The molecule has 0 unspecified atom stereocenters. The topological polar surface area (TPSA) is 82.1 Å². The van der Waals surface area contributed by atoms with E-state index < -0.39 is 11.6 Å². The molecule has 1 aliphatic heterocycles. The van der Waals surface area contributed by atoms with Crippen molar-refractivity contribution >= 4 is 17.8 Å². The molecule has 3 amide bonds. The van der Waals surface area contributed by atoms with Crippen LogP contribution in [0.15, 0.2) is 60.7 Å². The summed E-state index contributed by atoms with van der Waals surface area (Å²) in [5, 5.41) is 13.2. The van der Waals surface area contributed by atoms with Crippen LogP contribution in [-0.2, 0) is 4.74 Å². The van der Waals surface area contributed by atoms with E-state index in [1.54, 1.807) is 9.80 Å². The maximum atomic E-state index is 13.4. The van der Waals surface area contributed by atoms with Crippen LogP contribution in [0.3, 0.4) is 0 Å². The lowest BCUT2D eigenvalue weighted by atomic mass is 9.98. The summed E-state index contributed by atoms with van der Waals surface area (Å²) in [5.41, 5.74) is 1.01. The van der Waals surface area contributed by atoms with Gasteiger partial charge in [0.25, 0.3) is 0 Å². The number of aliphatic hydroxyl groups excluding tert-OH is 1. The Kier molecular flexibility index (Phi) is 7.75. The first-order chi connectivity index (χ1) is 15.3. The lowest BCUT2D eigenvalue weighted by Gasteiger charge is -2.42. The predicted molar refractivity (Wildman–Crippen MR) is 124 cm³/mol. The lowest BCUT2D eigenvalue weighted by molar-refractivity contribution is 0.0131. The molecular weight excluding hydrogens is 406 g/mol. The van der Waals surface area contributed by atoms with Gasteiger partial charge in [0, 0.05) is 24.8 Å². The fourth-order valence-corrected chi connectivity index (χ4v) is 3.95. The number of urea groups is 1. The number of para-hydroxylation sites is 1. The summed E-state index contributed by atoms with van der Waals surface area (Å²) in [6.07, 6.45) is 0.869. The molecule has 1 aliphatic rings. The molecule has 1 saturated heterocycles. The summed E-state index contributed by atoms with van der Waals surface area (Å²) in [7, 11) is 0. The number of nitrogens with zero attached hydrogens (tertiary/aromatic N) is 2. The molecule has 1 atom stereocenters. The van der Waals surface area contributed by atoms with Gasteiger partial charge in [-0.2, -0.15) is 0 Å². The number of carbonyl (C=O) groups excluding carboxylic acids is 2. The van der Waals surface area contributed by atoms with Gasteiger partial charge >= 0.3 is 12.1 Å². The van der Waals surface area contributed by atoms with Gasteiger partial charge in [-0.1, -0.05) is 48.5 Å². The Bertz CT molecular complexity index is 875. The Balaban J connectivity index is 1.78. The van der Waals surface area contributed by atoms with Crippen molar-refractivity contribution in [3.8, 4) is 0 Å². The average molecular weight is 440 g/mol. The number of hydrogen-bond acceptors (Lipinski definition) is 4. The first kappa shape index (κ1) is 23.6. The molecule has 1 heterocycles. The number of benzene rings is 2. The van der Waals surface area contributed by atoms with Gasteiger partial charge in [0.2, 0.25) is 0 Å². The zero-order chi connectivity index (χ0) is 23.1. The van der Waals surface area contributed by atoms with Gasteiger partial charge in [0.05, 0.1) is 12.6 Å². The highest BCUT2D eigenvalue weighted by Gasteiger charge is 2.35. The number of ether oxygens (including phenoxy) is 1. The van der Waals surface area contributed by atoms with E-state index in [-0.39, 0.29) is 24.8 Å². The van der Waals surface area contributed by atoms with Gasteiger partial charge in [-0.25, -0.2) is 9.59 Å². The van der Waals surface area contributed by atoms with Gasteiger partial charge in [0.1, 0.15) is 5.60 Å². The van der Waals surface area contributed by atoms with E-state index in [1.807, 2.05) is 81.4 Å². The molecule has 32 heavy (non-hydrogen) atoms. The van der Waals surface area contributed by atoms with E-state index in [4.69, 9.17) is 4.74 Å². The zero-order valence-electron chi connectivity index (χ0n) is 19.0. The highest BCUT2D eigenvalue weighted by atomic mass is 16.6.